The van der Waals surface area contributed by atoms with E-state index in [1.807, 2.05) is 0 Å². The van der Waals surface area contributed by atoms with Gasteiger partial charge in [0.2, 0.25) is 11.8 Å². The van der Waals surface area contributed by atoms with Crippen molar-refractivity contribution >= 4 is 35.3 Å². The largest absolute Gasteiger partial charge is 0.442 e. The first-order valence-electron chi connectivity index (χ1n) is 13.2. The average molecular weight is 590 g/mol. The summed E-state index contributed by atoms with van der Waals surface area (Å²) in [5, 5.41) is 33.9. The fourth-order valence-electron chi connectivity index (χ4n) is 5.10. The molecule has 0 aromatic heterocycles. The summed E-state index contributed by atoms with van der Waals surface area (Å²) >= 11 is 0. The number of carbonyl (C=O) groups is 4. The Morgan fingerprint density at radius 3 is 2.24 bits per heavy atom. The van der Waals surface area contributed by atoms with Gasteiger partial charge in [-0.2, -0.15) is 0 Å². The number of halogens is 2. The fraction of sp³-hybridized carbons (Fsp3) is 0.407. The number of likely N-dealkylation sites (tertiary alicyclic amines) is 1. The minimum Gasteiger partial charge on any atom is -0.442 e. The van der Waals surface area contributed by atoms with E-state index in [0.29, 0.717) is 4.90 Å². The van der Waals surface area contributed by atoms with Crippen molar-refractivity contribution in [2.75, 3.05) is 36.0 Å². The van der Waals surface area contributed by atoms with Gasteiger partial charge in [-0.3, -0.25) is 14.9 Å². The second kappa shape index (κ2) is 11.2. The maximum absolute atomic E-state index is 14.8. The molecule has 1 atom stereocenters. The SMILES string of the molecule is Cc1ccc(N(C(=O)N2CC(OC(=O)NC3CN(c4cc(F)c(C5CCC(=O)NC5=O)c(F)c4)C3)C2)C(O)(O)O)cc1. The normalized spacial score (nSPS) is 19.5. The van der Waals surface area contributed by atoms with Gasteiger partial charge in [-0.15, -0.1) is 0 Å². The maximum Gasteiger partial charge on any atom is 0.407 e. The Labute approximate surface area is 238 Å². The third-order valence-electron chi connectivity index (χ3n) is 7.40. The minimum absolute atomic E-state index is 0.0115. The lowest BCUT2D eigenvalue weighted by Gasteiger charge is -2.43. The van der Waals surface area contributed by atoms with Gasteiger partial charge in [0.15, 0.2) is 0 Å². The molecular formula is C27H29F2N5O8. The van der Waals surface area contributed by atoms with Gasteiger partial charge in [0.05, 0.1) is 30.7 Å². The lowest BCUT2D eigenvalue weighted by molar-refractivity contribution is -0.305. The molecular weight excluding hydrogens is 560 g/mol. The first kappa shape index (κ1) is 29.2. The lowest BCUT2D eigenvalue weighted by Crippen LogP contribution is -2.65. The second-order valence-electron chi connectivity index (χ2n) is 10.6. The van der Waals surface area contributed by atoms with Crippen LogP contribution in [0.5, 0.6) is 0 Å². The highest BCUT2D eigenvalue weighted by Gasteiger charge is 2.43. The van der Waals surface area contributed by atoms with Gasteiger partial charge < -0.3 is 35.2 Å². The molecule has 0 radical (unpaired) electrons. The van der Waals surface area contributed by atoms with Crippen molar-refractivity contribution < 1.29 is 48.0 Å². The number of hydrogen-bond donors (Lipinski definition) is 5. The lowest BCUT2D eigenvalue weighted by atomic mass is 9.89. The molecule has 0 aliphatic carbocycles. The number of alkyl carbamates (subject to hydrolysis) is 1. The number of aryl methyl sites for hydroxylation is 1. The van der Waals surface area contributed by atoms with Crippen molar-refractivity contribution in [2.24, 2.45) is 0 Å². The zero-order chi connectivity index (χ0) is 30.3. The molecule has 2 aromatic rings. The van der Waals surface area contributed by atoms with Gasteiger partial charge in [0.25, 0.3) is 0 Å². The summed E-state index contributed by atoms with van der Waals surface area (Å²) in [5.41, 5.74) is 0.734. The smallest absolute Gasteiger partial charge is 0.407 e. The second-order valence-corrected chi connectivity index (χ2v) is 10.6. The Morgan fingerprint density at radius 2 is 1.67 bits per heavy atom. The zero-order valence-electron chi connectivity index (χ0n) is 22.4. The summed E-state index contributed by atoms with van der Waals surface area (Å²) in [7, 11) is 0. The Balaban J connectivity index is 1.09. The fourth-order valence-corrected chi connectivity index (χ4v) is 5.10. The van der Waals surface area contributed by atoms with Crippen LogP contribution in [0.2, 0.25) is 0 Å². The first-order chi connectivity index (χ1) is 19.8. The molecule has 0 saturated carbocycles. The Morgan fingerprint density at radius 1 is 1.05 bits per heavy atom. The quantitative estimate of drug-likeness (QED) is 0.239. The van der Waals surface area contributed by atoms with E-state index < -0.39 is 53.7 Å². The molecule has 3 aliphatic rings. The van der Waals surface area contributed by atoms with E-state index in [4.69, 9.17) is 4.74 Å². The Kier molecular flexibility index (Phi) is 7.74. The van der Waals surface area contributed by atoms with Crippen molar-refractivity contribution in [3.05, 3.63) is 59.2 Å². The van der Waals surface area contributed by atoms with Gasteiger partial charge >= 0.3 is 18.2 Å². The number of anilines is 2. The highest BCUT2D eigenvalue weighted by molar-refractivity contribution is 6.01. The van der Waals surface area contributed by atoms with Crippen LogP contribution in [-0.4, -0.2) is 88.6 Å². The molecule has 3 aliphatic heterocycles. The highest BCUT2D eigenvalue weighted by atomic mass is 19.1. The molecule has 224 valence electrons. The van der Waals surface area contributed by atoms with Crippen LogP contribution in [0.25, 0.3) is 0 Å². The summed E-state index contributed by atoms with van der Waals surface area (Å²) in [5.74, 6) is -4.13. The minimum atomic E-state index is -3.46. The Bertz CT molecular complexity index is 1380. The molecule has 1 unspecified atom stereocenters. The molecule has 3 fully saturated rings. The Hall–Kier alpha value is -4.34. The molecule has 3 saturated heterocycles. The molecule has 0 spiro atoms. The summed E-state index contributed by atoms with van der Waals surface area (Å²) in [4.78, 5) is 51.7. The number of carbonyl (C=O) groups excluding carboxylic acids is 4. The van der Waals surface area contributed by atoms with Gasteiger partial charge in [-0.1, -0.05) is 17.7 Å². The molecule has 42 heavy (non-hydrogen) atoms. The van der Waals surface area contributed by atoms with E-state index in [-0.39, 0.29) is 62.0 Å². The van der Waals surface area contributed by atoms with Crippen LogP contribution in [-0.2, 0) is 14.3 Å². The van der Waals surface area contributed by atoms with Crippen molar-refractivity contribution in [1.29, 1.82) is 0 Å². The number of rotatable bonds is 6. The topological polar surface area (TPSA) is 172 Å². The maximum atomic E-state index is 14.8. The number of piperidine rings is 1. The van der Waals surface area contributed by atoms with Crippen LogP contribution in [0.1, 0.15) is 29.9 Å². The number of ether oxygens (including phenoxy) is 1. The third-order valence-corrected chi connectivity index (χ3v) is 7.40. The predicted octanol–water partition coefficient (Wildman–Crippen LogP) is 0.607. The molecule has 5 N–H and O–H groups in total. The predicted molar refractivity (Wildman–Crippen MR) is 141 cm³/mol. The first-order valence-corrected chi connectivity index (χ1v) is 13.2. The van der Waals surface area contributed by atoms with Gasteiger partial charge in [-0.25, -0.2) is 23.3 Å². The number of benzene rings is 2. The summed E-state index contributed by atoms with van der Waals surface area (Å²) in [6.07, 6.45) is -4.90. The van der Waals surface area contributed by atoms with E-state index >= 15 is 0 Å². The number of aliphatic hydroxyl groups is 3. The summed E-state index contributed by atoms with van der Waals surface area (Å²) < 4.78 is 34.9. The summed E-state index contributed by atoms with van der Waals surface area (Å²) in [6, 6.07) is 7.04. The van der Waals surface area contributed by atoms with E-state index in [0.717, 1.165) is 22.6 Å². The van der Waals surface area contributed by atoms with Crippen LogP contribution in [0, 0.1) is 18.6 Å². The number of amides is 5. The van der Waals surface area contributed by atoms with Crippen LogP contribution < -0.4 is 20.4 Å². The highest BCUT2D eigenvalue weighted by Crippen LogP contribution is 2.33. The molecule has 15 heteroatoms. The monoisotopic (exact) mass is 589 g/mol. The standard InChI is InChI=1S/C27H29F2N5O8/c1-14-2-4-16(5-3-14)34(27(39,40)41)26(38)33-12-18(13-33)42-25(37)30-15-10-32(11-15)17-8-20(28)23(21(29)9-17)19-6-7-22(35)31-24(19)36/h2-5,8-9,15,18-19,39-41H,6-7,10-13H2,1H3,(H,30,37)(H,31,35,36). The molecule has 5 rings (SSSR count). The molecule has 2 aromatic carbocycles. The van der Waals surface area contributed by atoms with Gasteiger partial charge in [0.1, 0.15) is 17.7 Å². The van der Waals surface area contributed by atoms with Crippen LogP contribution in [0.4, 0.5) is 29.7 Å². The number of nitrogens with zero attached hydrogens (tertiary/aromatic N) is 3. The van der Waals surface area contributed by atoms with Crippen LogP contribution in [0.3, 0.4) is 0 Å². The van der Waals surface area contributed by atoms with E-state index in [2.05, 4.69) is 10.6 Å². The van der Waals surface area contributed by atoms with Crippen LogP contribution in [0.15, 0.2) is 36.4 Å². The van der Waals surface area contributed by atoms with Crippen molar-refractivity contribution in [3.8, 4) is 0 Å². The van der Waals surface area contributed by atoms with E-state index in [1.165, 1.54) is 12.1 Å². The summed E-state index contributed by atoms with van der Waals surface area (Å²) in [6.45, 7) is 2.15. The van der Waals surface area contributed by atoms with Crippen LogP contribution >= 0.6 is 0 Å². The third kappa shape index (κ3) is 5.98. The van der Waals surface area contributed by atoms with Gasteiger partial charge in [0, 0.05) is 30.8 Å². The van der Waals surface area contributed by atoms with E-state index in [1.54, 1.807) is 24.0 Å². The average Bonchev–Trinajstić information content (AvgIpc) is 2.84. The van der Waals surface area contributed by atoms with Crippen molar-refractivity contribution in [3.63, 3.8) is 0 Å². The number of imide groups is 1. The van der Waals surface area contributed by atoms with Crippen molar-refractivity contribution in [2.45, 2.75) is 43.9 Å². The molecule has 3 heterocycles. The molecule has 5 amide bonds. The zero-order valence-corrected chi connectivity index (χ0v) is 22.4. The molecule has 0 bridgehead atoms. The van der Waals surface area contributed by atoms with E-state index in [9.17, 15) is 43.3 Å². The number of nitrogens with one attached hydrogen (secondary N) is 2. The number of hydrogen-bond acceptors (Lipinski definition) is 9. The molecule has 13 nitrogen and oxygen atoms in total. The van der Waals surface area contributed by atoms with Crippen molar-refractivity contribution in [1.82, 2.24) is 15.5 Å². The number of urea groups is 1. The van der Waals surface area contributed by atoms with Gasteiger partial charge in [-0.05, 0) is 37.6 Å².